The minimum atomic E-state index is -4.82. The van der Waals surface area contributed by atoms with Crippen LogP contribution in [0.5, 0.6) is 0 Å². The summed E-state index contributed by atoms with van der Waals surface area (Å²) in [7, 11) is -4.82. The first kappa shape index (κ1) is 18.0. The smallest absolute Gasteiger partial charge is 1.00 e. The predicted molar refractivity (Wildman–Crippen MR) is 29.1 cm³/mol. The van der Waals surface area contributed by atoms with Gasteiger partial charge in [0.25, 0.3) is 0 Å². The van der Waals surface area contributed by atoms with E-state index in [9.17, 15) is 9.36 Å². The molecule has 0 fully saturated rings. The van der Waals surface area contributed by atoms with Crippen LogP contribution in [-0.2, 0) is 9.09 Å². The molecule has 0 saturated carbocycles. The van der Waals surface area contributed by atoms with Gasteiger partial charge < -0.3 is 12.5 Å². The Bertz CT molecular complexity index is 148. The molecule has 0 aromatic rings. The number of hydrogen-bond donors (Lipinski definition) is 3. The Morgan fingerprint density at radius 2 is 1.80 bits per heavy atom. The van der Waals surface area contributed by atoms with Crippen molar-refractivity contribution in [2.24, 2.45) is 0 Å². The molecule has 0 amide bonds. The molecule has 10 heavy (non-hydrogen) atoms. The third-order valence-corrected chi connectivity index (χ3v) is 0.591. The van der Waals surface area contributed by atoms with Gasteiger partial charge in [0.2, 0.25) is 0 Å². The van der Waals surface area contributed by atoms with Gasteiger partial charge in [-0.1, -0.05) is 0 Å². The molecular weight excluding hydrogens is 319 g/mol. The van der Waals surface area contributed by atoms with Crippen molar-refractivity contribution < 1.29 is 73.4 Å². The van der Waals surface area contributed by atoms with E-state index in [1.54, 1.807) is 0 Å². The summed E-state index contributed by atoms with van der Waals surface area (Å²) >= 11 is 0. The largest absolute Gasteiger partial charge is 2.00 e. The van der Waals surface area contributed by atoms with Crippen LogP contribution in [0.25, 0.3) is 0 Å². The van der Waals surface area contributed by atoms with Gasteiger partial charge in [-0.15, -0.1) is 0 Å². The summed E-state index contributed by atoms with van der Waals surface area (Å²) in [5.41, 5.74) is 0. The first-order chi connectivity index (χ1) is 3.42. The molecule has 0 aliphatic rings. The average molecular weight is 324 g/mol. The van der Waals surface area contributed by atoms with Crippen LogP contribution < -0.4 is 0 Å². The molecule has 0 heterocycles. The van der Waals surface area contributed by atoms with Gasteiger partial charge in [-0.25, -0.2) is 9.36 Å². The summed E-state index contributed by atoms with van der Waals surface area (Å²) in [6.07, 6.45) is -1.99. The molecule has 6 nitrogen and oxygen atoms in total. The molecule has 0 atom stereocenters. The van der Waals surface area contributed by atoms with Crippen molar-refractivity contribution in [1.82, 2.24) is 0 Å². The summed E-state index contributed by atoms with van der Waals surface area (Å²) in [5.74, 6) is 0. The van der Waals surface area contributed by atoms with Crippen LogP contribution in [-0.4, -0.2) is 58.8 Å². The van der Waals surface area contributed by atoms with Crippen LogP contribution in [0.15, 0.2) is 0 Å². The van der Waals surface area contributed by atoms with E-state index in [0.29, 0.717) is 0 Å². The van der Waals surface area contributed by atoms with Gasteiger partial charge in [-0.2, -0.15) is 0 Å². The summed E-state index contributed by atoms with van der Waals surface area (Å²) < 4.78 is 12.6. The minimum Gasteiger partial charge on any atom is -1.00 e. The molecule has 0 aromatic heterocycles. The van der Waals surface area contributed by atoms with Crippen molar-refractivity contribution in [3.05, 3.63) is 0 Å². The number of carbonyl (C=O) groups is 1. The second-order valence-electron chi connectivity index (χ2n) is 0.848. The van der Waals surface area contributed by atoms with Crippen molar-refractivity contribution in [3.63, 3.8) is 0 Å². The number of rotatable bonds is 1. The van der Waals surface area contributed by atoms with E-state index in [4.69, 9.17) is 14.9 Å². The second kappa shape index (κ2) is 7.69. The minimum absolute atomic E-state index is 0. The van der Waals surface area contributed by atoms with Crippen LogP contribution in [0.1, 0.15) is 2.85 Å². The van der Waals surface area contributed by atoms with Crippen molar-refractivity contribution in [2.45, 2.75) is 0 Å². The van der Waals surface area contributed by atoms with E-state index < -0.39 is 14.0 Å². The van der Waals surface area contributed by atoms with Gasteiger partial charge >= 0.3 is 51.7 Å². The maximum absolute atomic E-state index is 9.53. The molecule has 9 heteroatoms. The standard InChI is InChI=1S/CH3O6P.Ca.Ce.2H/c2-1(3)7-8(4,5)6;;;;/h(H,2,3)(H2,4,5,6);;;;/q;+2;;2*-1. The first-order valence-electron chi connectivity index (χ1n) is 1.40. The Kier molecular flexibility index (Phi) is 13.8. The van der Waals surface area contributed by atoms with Gasteiger partial charge in [0.05, 0.1) is 0 Å². The molecular formula is CH5CaCeO6P. The van der Waals surface area contributed by atoms with Crippen molar-refractivity contribution >= 4 is 51.7 Å². The number of carboxylic acid groups (broad SMARTS) is 1. The Hall–Kier alpha value is 2.06. The topological polar surface area (TPSA) is 104 Å². The van der Waals surface area contributed by atoms with E-state index in [1.807, 2.05) is 0 Å². The number of phosphoric ester groups is 1. The van der Waals surface area contributed by atoms with Gasteiger partial charge in [-0.05, 0) is 0 Å². The second-order valence-corrected chi connectivity index (χ2v) is 2.01. The van der Waals surface area contributed by atoms with E-state index in [0.717, 1.165) is 0 Å². The Labute approximate surface area is 123 Å². The van der Waals surface area contributed by atoms with Crippen LogP contribution >= 0.6 is 7.82 Å². The molecule has 0 aromatic carbocycles. The van der Waals surface area contributed by atoms with E-state index in [-0.39, 0.29) is 82.3 Å². The first-order valence-corrected chi connectivity index (χ1v) is 2.93. The summed E-state index contributed by atoms with van der Waals surface area (Å²) in [6.45, 7) is 0. The zero-order valence-electron chi connectivity index (χ0n) is 6.72. The molecule has 0 radical (unpaired) electrons. The number of hydrogen-bond acceptors (Lipinski definition) is 3. The van der Waals surface area contributed by atoms with Gasteiger partial charge in [0, 0.05) is 41.7 Å². The predicted octanol–water partition coefficient (Wildman–Crippen LogP) is -0.382. The fourth-order valence-corrected chi connectivity index (χ4v) is 0.305. The molecule has 0 aliphatic heterocycles. The van der Waals surface area contributed by atoms with E-state index in [1.165, 1.54) is 0 Å². The quantitative estimate of drug-likeness (QED) is 0.449. The Morgan fingerprint density at radius 3 is 1.80 bits per heavy atom. The molecule has 56 valence electrons. The zero-order valence-corrected chi connectivity index (χ0v) is 11.0. The van der Waals surface area contributed by atoms with Gasteiger partial charge in [0.1, 0.15) is 0 Å². The maximum Gasteiger partial charge on any atom is 2.00 e. The average Bonchev–Trinajstić information content (AvgIpc) is 1.21. The molecule has 0 spiro atoms. The van der Waals surface area contributed by atoms with Crippen LogP contribution in [0.4, 0.5) is 4.79 Å². The van der Waals surface area contributed by atoms with Crippen LogP contribution in [0.3, 0.4) is 0 Å². The normalized spacial score (nSPS) is 8.60. The zero-order chi connectivity index (χ0) is 6.78. The number of phosphoric acid groups is 1. The van der Waals surface area contributed by atoms with Gasteiger partial charge in [0.15, 0.2) is 0 Å². The van der Waals surface area contributed by atoms with Crippen molar-refractivity contribution in [1.29, 1.82) is 0 Å². The fourth-order valence-electron chi connectivity index (χ4n) is 0.102. The van der Waals surface area contributed by atoms with Crippen molar-refractivity contribution in [2.75, 3.05) is 0 Å². The van der Waals surface area contributed by atoms with Crippen LogP contribution in [0.2, 0.25) is 0 Å². The van der Waals surface area contributed by atoms with Crippen molar-refractivity contribution in [3.8, 4) is 0 Å². The molecule has 0 bridgehead atoms. The Morgan fingerprint density at radius 1 is 1.50 bits per heavy atom. The summed E-state index contributed by atoms with van der Waals surface area (Å²) in [5, 5.41) is 7.53. The third-order valence-electron chi connectivity index (χ3n) is 0.197. The Balaban J connectivity index is -0.0000000408. The van der Waals surface area contributed by atoms with E-state index >= 15 is 0 Å². The molecule has 0 rings (SSSR count). The molecule has 0 aliphatic carbocycles. The summed E-state index contributed by atoms with van der Waals surface area (Å²) in [4.78, 5) is 24.7. The molecule has 0 unspecified atom stereocenters. The SMILES string of the molecule is O=C(O)OP(=O)(O)O.[Ca+2].[Ce].[H-].[H-]. The maximum atomic E-state index is 9.53. The third kappa shape index (κ3) is 16.6. The molecule has 0 saturated heterocycles. The summed E-state index contributed by atoms with van der Waals surface area (Å²) in [6, 6.07) is 0. The van der Waals surface area contributed by atoms with Crippen LogP contribution in [0, 0.1) is 41.7 Å². The monoisotopic (exact) mass is 324 g/mol. The van der Waals surface area contributed by atoms with Gasteiger partial charge in [-0.3, -0.25) is 9.79 Å². The van der Waals surface area contributed by atoms with E-state index in [2.05, 4.69) is 4.52 Å². The fraction of sp³-hybridized carbons (Fsp3) is 0. The molecule has 3 N–H and O–H groups in total.